The van der Waals surface area contributed by atoms with E-state index in [1.54, 1.807) is 18.4 Å². The molecule has 0 aliphatic rings. The summed E-state index contributed by atoms with van der Waals surface area (Å²) >= 11 is 1.60. The summed E-state index contributed by atoms with van der Waals surface area (Å²) in [6.07, 6.45) is 0.636. The number of methoxy groups -OCH3 is 1. The molecule has 2 aromatic heterocycles. The second kappa shape index (κ2) is 9.45. The molecule has 0 unspecified atom stereocenters. The van der Waals surface area contributed by atoms with Gasteiger partial charge in [0.1, 0.15) is 10.7 Å². The number of fused-ring (bicyclic) bond motifs is 1. The van der Waals surface area contributed by atoms with Gasteiger partial charge in [-0.15, -0.1) is 11.3 Å². The van der Waals surface area contributed by atoms with E-state index in [2.05, 4.69) is 37.8 Å². The van der Waals surface area contributed by atoms with E-state index in [1.807, 2.05) is 22.8 Å². The third kappa shape index (κ3) is 4.19. The van der Waals surface area contributed by atoms with Gasteiger partial charge in [0.05, 0.1) is 12.0 Å². The van der Waals surface area contributed by atoms with Crippen LogP contribution in [0, 0.1) is 6.92 Å². The van der Waals surface area contributed by atoms with Crippen molar-refractivity contribution in [2.75, 3.05) is 33.4 Å². The van der Waals surface area contributed by atoms with Gasteiger partial charge in [-0.05, 0) is 25.6 Å². The largest absolute Gasteiger partial charge is 0.384 e. The second-order valence-corrected chi connectivity index (χ2v) is 8.04. The maximum Gasteiger partial charge on any atom is 0.262 e. The molecular formula is C22H29N3O2S. The minimum Gasteiger partial charge on any atom is -0.384 e. The van der Waals surface area contributed by atoms with Crippen molar-refractivity contribution in [1.82, 2.24) is 14.5 Å². The normalized spacial score (nSPS) is 11.6. The molecule has 3 aromatic rings. The van der Waals surface area contributed by atoms with Gasteiger partial charge in [-0.1, -0.05) is 44.2 Å². The highest BCUT2D eigenvalue weighted by atomic mass is 32.1. The summed E-state index contributed by atoms with van der Waals surface area (Å²) in [7, 11) is 1.68. The highest BCUT2D eigenvalue weighted by Gasteiger charge is 2.19. The lowest BCUT2D eigenvalue weighted by Crippen LogP contribution is -2.33. The molecule has 0 fully saturated rings. The molecule has 0 saturated carbocycles. The molecule has 2 heterocycles. The molecule has 6 heteroatoms. The summed E-state index contributed by atoms with van der Waals surface area (Å²) in [5.41, 5.74) is 2.16. The first-order valence-corrected chi connectivity index (χ1v) is 10.7. The number of ether oxygens (including phenoxy) is 1. The summed E-state index contributed by atoms with van der Waals surface area (Å²) in [5.74, 6) is 0.812. The van der Waals surface area contributed by atoms with Crippen LogP contribution in [0.25, 0.3) is 21.3 Å². The Hall–Kier alpha value is -2.02. The minimum absolute atomic E-state index is 0.0615. The average molecular weight is 400 g/mol. The van der Waals surface area contributed by atoms with Crippen molar-refractivity contribution in [1.29, 1.82) is 0 Å². The Morgan fingerprint density at radius 3 is 2.54 bits per heavy atom. The Morgan fingerprint density at radius 2 is 1.89 bits per heavy atom. The van der Waals surface area contributed by atoms with Crippen LogP contribution < -0.4 is 5.56 Å². The lowest BCUT2D eigenvalue weighted by atomic mass is 10.0. The molecule has 0 aliphatic heterocycles. The lowest BCUT2D eigenvalue weighted by molar-refractivity contribution is 0.198. The van der Waals surface area contributed by atoms with Gasteiger partial charge in [0.2, 0.25) is 0 Å². The van der Waals surface area contributed by atoms with Gasteiger partial charge in [0, 0.05) is 37.1 Å². The molecule has 0 saturated heterocycles. The number of nitrogens with zero attached hydrogens (tertiary/aromatic N) is 3. The molecule has 0 amide bonds. The van der Waals surface area contributed by atoms with Gasteiger partial charge >= 0.3 is 0 Å². The van der Waals surface area contributed by atoms with Crippen LogP contribution in [0.15, 0.2) is 35.1 Å². The van der Waals surface area contributed by atoms with Crippen LogP contribution >= 0.6 is 11.3 Å². The van der Waals surface area contributed by atoms with E-state index in [0.29, 0.717) is 19.6 Å². The van der Waals surface area contributed by atoms with E-state index in [-0.39, 0.29) is 5.56 Å². The number of aryl methyl sites for hydroxylation is 1. The minimum atomic E-state index is 0.0615. The third-order valence-corrected chi connectivity index (χ3v) is 6.19. The number of rotatable bonds is 9. The van der Waals surface area contributed by atoms with Gasteiger partial charge in [-0.3, -0.25) is 9.36 Å². The summed E-state index contributed by atoms with van der Waals surface area (Å²) in [4.78, 5) is 22.8. The summed E-state index contributed by atoms with van der Waals surface area (Å²) in [6, 6.07) is 10.1. The van der Waals surface area contributed by atoms with Crippen LogP contribution in [0.5, 0.6) is 0 Å². The molecule has 0 N–H and O–H groups in total. The lowest BCUT2D eigenvalue weighted by Gasteiger charge is -2.20. The maximum absolute atomic E-state index is 13.6. The zero-order chi connectivity index (χ0) is 20.1. The predicted octanol–water partition coefficient (Wildman–Crippen LogP) is 3.96. The van der Waals surface area contributed by atoms with Crippen LogP contribution in [-0.2, 0) is 17.7 Å². The maximum atomic E-state index is 13.6. The molecule has 0 aliphatic carbocycles. The first kappa shape index (κ1) is 20.7. The molecular weight excluding hydrogens is 370 g/mol. The molecule has 0 spiro atoms. The average Bonchev–Trinajstić information content (AvgIpc) is 3.05. The van der Waals surface area contributed by atoms with Crippen molar-refractivity contribution >= 4 is 21.6 Å². The Labute approximate surface area is 170 Å². The van der Waals surface area contributed by atoms with Gasteiger partial charge in [-0.25, -0.2) is 4.98 Å². The topological polar surface area (TPSA) is 47.4 Å². The van der Waals surface area contributed by atoms with E-state index in [0.717, 1.165) is 51.7 Å². The molecule has 28 heavy (non-hydrogen) atoms. The fraction of sp³-hybridized carbons (Fsp3) is 0.455. The number of hydrogen-bond acceptors (Lipinski definition) is 5. The summed E-state index contributed by atoms with van der Waals surface area (Å²) in [5, 5.41) is 0.745. The molecule has 0 radical (unpaired) electrons. The van der Waals surface area contributed by atoms with Gasteiger partial charge in [0.25, 0.3) is 5.56 Å². The first-order chi connectivity index (χ1) is 13.6. The zero-order valence-corrected chi connectivity index (χ0v) is 18.0. The smallest absolute Gasteiger partial charge is 0.262 e. The summed E-state index contributed by atoms with van der Waals surface area (Å²) in [6.45, 7) is 10.4. The fourth-order valence-electron chi connectivity index (χ4n) is 3.59. The standard InChI is InChI=1S/C22H29N3O2S/c1-5-24(6-2)13-14-25-18(12-15-27-4)23-21-20(22(25)26)19(16(3)28-21)17-10-8-7-9-11-17/h7-11H,5-6,12-15H2,1-4H3. The van der Waals surface area contributed by atoms with E-state index in [4.69, 9.17) is 9.72 Å². The number of benzene rings is 1. The van der Waals surface area contributed by atoms with Crippen LogP contribution in [0.3, 0.4) is 0 Å². The number of thiophene rings is 1. The fourth-order valence-corrected chi connectivity index (χ4v) is 4.64. The van der Waals surface area contributed by atoms with E-state index < -0.39 is 0 Å². The van der Waals surface area contributed by atoms with Gasteiger partial charge in [0.15, 0.2) is 0 Å². The van der Waals surface area contributed by atoms with E-state index in [9.17, 15) is 4.79 Å². The van der Waals surface area contributed by atoms with Crippen molar-refractivity contribution < 1.29 is 4.74 Å². The Balaban J connectivity index is 2.15. The van der Waals surface area contributed by atoms with Crippen LogP contribution in [0.2, 0.25) is 0 Å². The number of hydrogen-bond donors (Lipinski definition) is 0. The quantitative estimate of drug-likeness (QED) is 0.546. The van der Waals surface area contributed by atoms with E-state index in [1.165, 1.54) is 0 Å². The molecule has 1 aromatic carbocycles. The number of aromatic nitrogens is 2. The first-order valence-electron chi connectivity index (χ1n) is 9.90. The highest BCUT2D eigenvalue weighted by Crippen LogP contribution is 2.35. The van der Waals surface area contributed by atoms with Crippen LogP contribution in [0.1, 0.15) is 24.5 Å². The molecule has 0 atom stereocenters. The van der Waals surface area contributed by atoms with Crippen molar-refractivity contribution in [3.8, 4) is 11.1 Å². The monoisotopic (exact) mass is 399 g/mol. The van der Waals surface area contributed by atoms with Crippen molar-refractivity contribution in [3.05, 3.63) is 51.4 Å². The Bertz CT molecular complexity index is 975. The molecule has 0 bridgehead atoms. The summed E-state index contributed by atoms with van der Waals surface area (Å²) < 4.78 is 7.12. The highest BCUT2D eigenvalue weighted by molar-refractivity contribution is 7.19. The van der Waals surface area contributed by atoms with Crippen LogP contribution in [-0.4, -0.2) is 47.8 Å². The zero-order valence-electron chi connectivity index (χ0n) is 17.2. The molecule has 150 valence electrons. The Morgan fingerprint density at radius 1 is 1.18 bits per heavy atom. The third-order valence-electron chi connectivity index (χ3n) is 5.19. The van der Waals surface area contributed by atoms with Gasteiger partial charge < -0.3 is 9.64 Å². The van der Waals surface area contributed by atoms with Gasteiger partial charge in [-0.2, -0.15) is 0 Å². The Kier molecular flexibility index (Phi) is 6.99. The molecule has 5 nitrogen and oxygen atoms in total. The van der Waals surface area contributed by atoms with Crippen molar-refractivity contribution in [2.45, 2.75) is 33.7 Å². The SMILES string of the molecule is CCN(CC)CCn1c(CCOC)nc2sc(C)c(-c3ccccc3)c2c1=O. The van der Waals surface area contributed by atoms with Crippen molar-refractivity contribution in [2.24, 2.45) is 0 Å². The second-order valence-electron chi connectivity index (χ2n) is 6.83. The van der Waals surface area contributed by atoms with Crippen molar-refractivity contribution in [3.63, 3.8) is 0 Å². The molecule has 3 rings (SSSR count). The number of likely N-dealkylation sites (N-methyl/N-ethyl adjacent to an activating group) is 1. The predicted molar refractivity (Wildman–Crippen MR) is 117 cm³/mol. The van der Waals surface area contributed by atoms with Crippen LogP contribution in [0.4, 0.5) is 0 Å². The van der Waals surface area contributed by atoms with E-state index >= 15 is 0 Å².